The number of nitrogens with one attached hydrogen (secondary N) is 2. The second-order valence-electron chi connectivity index (χ2n) is 4.51. The van der Waals surface area contributed by atoms with E-state index >= 15 is 0 Å². The first-order valence-corrected chi connectivity index (χ1v) is 7.14. The zero-order chi connectivity index (χ0) is 15.4. The predicted molar refractivity (Wildman–Crippen MR) is 82.4 cm³/mol. The minimum absolute atomic E-state index is 0.120. The van der Waals surface area contributed by atoms with Crippen LogP contribution in [0.5, 0.6) is 0 Å². The molecular formula is C15H15BrN2O3. The van der Waals surface area contributed by atoms with Gasteiger partial charge in [-0.15, -0.1) is 0 Å². The number of amides is 2. The Morgan fingerprint density at radius 3 is 2.95 bits per heavy atom. The van der Waals surface area contributed by atoms with Gasteiger partial charge in [-0.2, -0.15) is 0 Å². The molecule has 0 aliphatic carbocycles. The van der Waals surface area contributed by atoms with Crippen LogP contribution in [0.15, 0.2) is 52.7 Å². The highest BCUT2D eigenvalue weighted by atomic mass is 79.9. The van der Waals surface area contributed by atoms with Crippen molar-refractivity contribution in [2.45, 2.75) is 13.0 Å². The standard InChI is InChI=1S/C15H15BrN2O3/c1-3-7-21-14(19)12-9(2)17-15(20)18-13(12)10-5-4-6-11(16)8-10/h3-6,8,13H,1,7H2,2H3,(H2,17,18,20)/t13-/m1/s1. The number of esters is 1. The number of carbonyl (C=O) groups is 2. The van der Waals surface area contributed by atoms with Crippen LogP contribution < -0.4 is 10.6 Å². The SMILES string of the molecule is C=CCOC(=O)C1=C(C)NC(=O)N[C@@H]1c1cccc(Br)c1. The first kappa shape index (κ1) is 15.3. The molecule has 0 fully saturated rings. The molecule has 0 aromatic heterocycles. The highest BCUT2D eigenvalue weighted by Gasteiger charge is 2.32. The van der Waals surface area contributed by atoms with Crippen molar-refractivity contribution >= 4 is 27.9 Å². The van der Waals surface area contributed by atoms with Gasteiger partial charge in [-0.05, 0) is 24.6 Å². The molecule has 0 radical (unpaired) electrons. The molecule has 1 aromatic rings. The summed E-state index contributed by atoms with van der Waals surface area (Å²) in [5.74, 6) is -0.482. The van der Waals surface area contributed by atoms with Crippen molar-refractivity contribution in [3.63, 3.8) is 0 Å². The van der Waals surface area contributed by atoms with E-state index in [1.165, 1.54) is 6.08 Å². The normalized spacial score (nSPS) is 17.8. The zero-order valence-electron chi connectivity index (χ0n) is 11.5. The van der Waals surface area contributed by atoms with E-state index in [0.717, 1.165) is 10.0 Å². The second kappa shape index (κ2) is 6.58. The van der Waals surface area contributed by atoms with Gasteiger partial charge in [0.05, 0.1) is 11.6 Å². The Labute approximate surface area is 131 Å². The molecule has 0 unspecified atom stereocenters. The predicted octanol–water partition coefficient (Wildman–Crippen LogP) is 2.81. The minimum atomic E-state index is -0.548. The third kappa shape index (κ3) is 3.52. The van der Waals surface area contributed by atoms with Crippen LogP contribution in [0, 0.1) is 0 Å². The summed E-state index contributed by atoms with van der Waals surface area (Å²) in [4.78, 5) is 23.9. The van der Waals surface area contributed by atoms with E-state index in [-0.39, 0.29) is 12.6 Å². The number of hydrogen-bond donors (Lipinski definition) is 2. The molecular weight excluding hydrogens is 336 g/mol. The highest BCUT2D eigenvalue weighted by Crippen LogP contribution is 2.29. The maximum Gasteiger partial charge on any atom is 0.338 e. The molecule has 21 heavy (non-hydrogen) atoms. The Morgan fingerprint density at radius 1 is 1.52 bits per heavy atom. The molecule has 1 aliphatic rings. The number of halogens is 1. The molecule has 2 amide bonds. The third-order valence-electron chi connectivity index (χ3n) is 3.00. The molecule has 1 heterocycles. The van der Waals surface area contributed by atoms with Crippen molar-refractivity contribution in [2.24, 2.45) is 0 Å². The van der Waals surface area contributed by atoms with Gasteiger partial charge < -0.3 is 15.4 Å². The lowest BCUT2D eigenvalue weighted by Crippen LogP contribution is -2.45. The maximum atomic E-state index is 12.2. The Bertz CT molecular complexity index is 625. The number of benzene rings is 1. The van der Waals surface area contributed by atoms with Crippen molar-refractivity contribution in [3.05, 3.63) is 58.2 Å². The molecule has 0 saturated heterocycles. The zero-order valence-corrected chi connectivity index (χ0v) is 13.1. The Morgan fingerprint density at radius 2 is 2.29 bits per heavy atom. The van der Waals surface area contributed by atoms with Gasteiger partial charge in [-0.25, -0.2) is 9.59 Å². The quantitative estimate of drug-likeness (QED) is 0.648. The monoisotopic (exact) mass is 350 g/mol. The number of carbonyl (C=O) groups excluding carboxylic acids is 2. The van der Waals surface area contributed by atoms with Crippen molar-refractivity contribution in [1.82, 2.24) is 10.6 Å². The largest absolute Gasteiger partial charge is 0.458 e. The van der Waals surface area contributed by atoms with Gasteiger partial charge in [0, 0.05) is 10.2 Å². The second-order valence-corrected chi connectivity index (χ2v) is 5.43. The molecule has 1 aromatic carbocycles. The summed E-state index contributed by atoms with van der Waals surface area (Å²) in [6.45, 7) is 5.31. The van der Waals surface area contributed by atoms with Gasteiger partial charge in [0.2, 0.25) is 0 Å². The number of allylic oxidation sites excluding steroid dienone is 1. The van der Waals surface area contributed by atoms with E-state index in [0.29, 0.717) is 11.3 Å². The van der Waals surface area contributed by atoms with Gasteiger partial charge in [-0.3, -0.25) is 0 Å². The molecule has 1 aliphatic heterocycles. The number of ether oxygens (including phenoxy) is 1. The molecule has 1 atom stereocenters. The molecule has 0 saturated carbocycles. The summed E-state index contributed by atoms with van der Waals surface area (Å²) in [6, 6.07) is 6.51. The summed E-state index contributed by atoms with van der Waals surface area (Å²) in [5, 5.41) is 5.33. The van der Waals surface area contributed by atoms with Crippen LogP contribution in [0.25, 0.3) is 0 Å². The van der Waals surface area contributed by atoms with Crippen molar-refractivity contribution < 1.29 is 14.3 Å². The Hall–Kier alpha value is -2.08. The van der Waals surface area contributed by atoms with Gasteiger partial charge in [0.1, 0.15) is 6.61 Å². The summed E-state index contributed by atoms with van der Waals surface area (Å²) in [5.41, 5.74) is 1.66. The van der Waals surface area contributed by atoms with Crippen LogP contribution in [0.2, 0.25) is 0 Å². The lowest BCUT2D eigenvalue weighted by Gasteiger charge is -2.28. The topological polar surface area (TPSA) is 67.4 Å². The molecule has 5 nitrogen and oxygen atoms in total. The van der Waals surface area contributed by atoms with Crippen LogP contribution >= 0.6 is 15.9 Å². The molecule has 0 spiro atoms. The fourth-order valence-corrected chi connectivity index (χ4v) is 2.53. The molecule has 2 N–H and O–H groups in total. The van der Waals surface area contributed by atoms with Gasteiger partial charge in [0.15, 0.2) is 0 Å². The first-order valence-electron chi connectivity index (χ1n) is 6.34. The van der Waals surface area contributed by atoms with Gasteiger partial charge >= 0.3 is 12.0 Å². The van der Waals surface area contributed by atoms with Crippen molar-refractivity contribution in [2.75, 3.05) is 6.61 Å². The number of urea groups is 1. The lowest BCUT2D eigenvalue weighted by atomic mass is 9.96. The van der Waals surface area contributed by atoms with E-state index in [2.05, 4.69) is 33.1 Å². The highest BCUT2D eigenvalue weighted by molar-refractivity contribution is 9.10. The van der Waals surface area contributed by atoms with Crippen LogP contribution in [-0.2, 0) is 9.53 Å². The van der Waals surface area contributed by atoms with E-state index in [1.807, 2.05) is 24.3 Å². The fourth-order valence-electron chi connectivity index (χ4n) is 2.11. The van der Waals surface area contributed by atoms with Crippen LogP contribution in [-0.4, -0.2) is 18.6 Å². The summed E-state index contributed by atoms with van der Waals surface area (Å²) < 4.78 is 5.97. The summed E-state index contributed by atoms with van der Waals surface area (Å²) in [7, 11) is 0. The Balaban J connectivity index is 2.40. The molecule has 2 rings (SSSR count). The van der Waals surface area contributed by atoms with Gasteiger partial charge in [-0.1, -0.05) is 40.7 Å². The molecule has 0 bridgehead atoms. The lowest BCUT2D eigenvalue weighted by molar-refractivity contribution is -0.138. The van der Waals surface area contributed by atoms with Gasteiger partial charge in [0.25, 0.3) is 0 Å². The van der Waals surface area contributed by atoms with Crippen molar-refractivity contribution in [3.8, 4) is 0 Å². The average Bonchev–Trinajstić information content (AvgIpc) is 2.44. The van der Waals surface area contributed by atoms with Crippen LogP contribution in [0.4, 0.5) is 4.79 Å². The van der Waals surface area contributed by atoms with E-state index in [1.54, 1.807) is 6.92 Å². The Kier molecular flexibility index (Phi) is 4.80. The van der Waals surface area contributed by atoms with E-state index in [4.69, 9.17) is 4.74 Å². The maximum absolute atomic E-state index is 12.2. The summed E-state index contributed by atoms with van der Waals surface area (Å²) >= 11 is 3.38. The third-order valence-corrected chi connectivity index (χ3v) is 3.50. The van der Waals surface area contributed by atoms with E-state index in [9.17, 15) is 9.59 Å². The van der Waals surface area contributed by atoms with Crippen LogP contribution in [0.3, 0.4) is 0 Å². The van der Waals surface area contributed by atoms with E-state index < -0.39 is 12.0 Å². The van der Waals surface area contributed by atoms with Crippen molar-refractivity contribution in [1.29, 1.82) is 0 Å². The number of rotatable bonds is 4. The van der Waals surface area contributed by atoms with Crippen LogP contribution in [0.1, 0.15) is 18.5 Å². The first-order chi connectivity index (χ1) is 10.0. The summed E-state index contributed by atoms with van der Waals surface area (Å²) in [6.07, 6.45) is 1.50. The average molecular weight is 351 g/mol. The molecule has 110 valence electrons. The minimum Gasteiger partial charge on any atom is -0.458 e. The fraction of sp³-hybridized carbons (Fsp3) is 0.200. The number of hydrogen-bond acceptors (Lipinski definition) is 3. The smallest absolute Gasteiger partial charge is 0.338 e. The molecule has 6 heteroatoms.